The molecule has 4 rings (SSSR count). The molecule has 0 aliphatic heterocycles. The minimum absolute atomic E-state index is 0.164. The normalized spacial score (nSPS) is 11.7. The van der Waals surface area contributed by atoms with Crippen LogP contribution in [-0.2, 0) is 10.0 Å². The van der Waals surface area contributed by atoms with Crippen molar-refractivity contribution in [1.82, 2.24) is 15.2 Å². The highest BCUT2D eigenvalue weighted by Gasteiger charge is 2.18. The number of rotatable bonds is 7. The van der Waals surface area contributed by atoms with Gasteiger partial charge in [-0.05, 0) is 53.4 Å². The average Bonchev–Trinajstić information content (AvgIpc) is 3.13. The molecular weight excluding hydrogens is 434 g/mol. The number of hydrogen-bond acceptors (Lipinski definition) is 5. The predicted octanol–water partition coefficient (Wildman–Crippen LogP) is 5.15. The Bertz CT molecular complexity index is 1320. The number of pyridine rings is 1. The van der Waals surface area contributed by atoms with Crippen molar-refractivity contribution in [2.24, 2.45) is 5.92 Å². The van der Waals surface area contributed by atoms with E-state index in [-0.39, 0.29) is 4.90 Å². The van der Waals surface area contributed by atoms with E-state index in [2.05, 4.69) is 39.1 Å². The van der Waals surface area contributed by atoms with Crippen LogP contribution in [0.4, 0.5) is 11.4 Å². The van der Waals surface area contributed by atoms with E-state index >= 15 is 0 Å². The highest BCUT2D eigenvalue weighted by Crippen LogP contribution is 2.32. The van der Waals surface area contributed by atoms with Gasteiger partial charge in [0.15, 0.2) is 0 Å². The molecule has 7 nitrogen and oxygen atoms in total. The van der Waals surface area contributed by atoms with E-state index < -0.39 is 10.0 Å². The first kappa shape index (κ1) is 21.1. The summed E-state index contributed by atoms with van der Waals surface area (Å²) in [4.78, 5) is 4.17. The summed E-state index contributed by atoms with van der Waals surface area (Å²) in [5.41, 5.74) is 3.44. The monoisotopic (exact) mass is 455 g/mol. The zero-order valence-corrected chi connectivity index (χ0v) is 18.6. The summed E-state index contributed by atoms with van der Waals surface area (Å²) in [6.45, 7) is 4.89. The van der Waals surface area contributed by atoms with Crippen molar-refractivity contribution in [3.8, 4) is 11.1 Å². The Kier molecular flexibility index (Phi) is 5.84. The van der Waals surface area contributed by atoms with Gasteiger partial charge < -0.3 is 5.32 Å². The van der Waals surface area contributed by atoms with Gasteiger partial charge in [0.1, 0.15) is 10.7 Å². The summed E-state index contributed by atoms with van der Waals surface area (Å²) >= 11 is 6.23. The largest absolute Gasteiger partial charge is 0.383 e. The van der Waals surface area contributed by atoms with Crippen molar-refractivity contribution in [2.45, 2.75) is 18.7 Å². The molecular formula is C22H22ClN5O2S. The third kappa shape index (κ3) is 4.65. The van der Waals surface area contributed by atoms with E-state index in [1.807, 2.05) is 18.2 Å². The zero-order chi connectivity index (χ0) is 22.0. The third-order valence-corrected chi connectivity index (χ3v) is 6.39. The number of fused-ring (bicyclic) bond motifs is 1. The molecule has 2 heterocycles. The van der Waals surface area contributed by atoms with Crippen LogP contribution in [0.2, 0.25) is 5.15 Å². The summed E-state index contributed by atoms with van der Waals surface area (Å²) in [5, 5.41) is 11.3. The van der Waals surface area contributed by atoms with Gasteiger partial charge >= 0.3 is 0 Å². The minimum atomic E-state index is -3.82. The highest BCUT2D eigenvalue weighted by molar-refractivity contribution is 7.92. The van der Waals surface area contributed by atoms with E-state index in [1.165, 1.54) is 0 Å². The number of aromatic amines is 1. The van der Waals surface area contributed by atoms with Crippen LogP contribution in [0.3, 0.4) is 0 Å². The van der Waals surface area contributed by atoms with E-state index in [0.717, 1.165) is 11.1 Å². The lowest BCUT2D eigenvalue weighted by Crippen LogP contribution is -2.14. The van der Waals surface area contributed by atoms with E-state index in [4.69, 9.17) is 11.6 Å². The van der Waals surface area contributed by atoms with Gasteiger partial charge in [0.2, 0.25) is 0 Å². The highest BCUT2D eigenvalue weighted by atomic mass is 35.5. The van der Waals surface area contributed by atoms with Crippen LogP contribution >= 0.6 is 11.6 Å². The van der Waals surface area contributed by atoms with Crippen molar-refractivity contribution in [3.63, 3.8) is 0 Å². The summed E-state index contributed by atoms with van der Waals surface area (Å²) in [5.74, 6) is 0.403. The molecule has 0 aliphatic rings. The van der Waals surface area contributed by atoms with Gasteiger partial charge in [-0.15, -0.1) is 0 Å². The van der Waals surface area contributed by atoms with Crippen LogP contribution in [0.15, 0.2) is 65.8 Å². The van der Waals surface area contributed by atoms with Gasteiger partial charge in [-0.1, -0.05) is 37.6 Å². The van der Waals surface area contributed by atoms with Crippen molar-refractivity contribution < 1.29 is 8.42 Å². The maximum atomic E-state index is 13.1. The second-order valence-corrected chi connectivity index (χ2v) is 9.66. The summed E-state index contributed by atoms with van der Waals surface area (Å²) < 4.78 is 28.9. The second-order valence-electron chi connectivity index (χ2n) is 7.60. The Morgan fingerprint density at radius 1 is 1.06 bits per heavy atom. The molecule has 0 saturated carbocycles. The molecule has 160 valence electrons. The number of hydrogen-bond donors (Lipinski definition) is 3. The van der Waals surface area contributed by atoms with E-state index in [0.29, 0.717) is 39.9 Å². The van der Waals surface area contributed by atoms with Crippen molar-refractivity contribution in [2.75, 3.05) is 16.6 Å². The number of aromatic nitrogens is 3. The molecule has 0 radical (unpaired) electrons. The van der Waals surface area contributed by atoms with Gasteiger partial charge in [0, 0.05) is 24.3 Å². The molecule has 0 fully saturated rings. The molecule has 3 N–H and O–H groups in total. The van der Waals surface area contributed by atoms with Gasteiger partial charge in [0.05, 0.1) is 16.3 Å². The summed E-state index contributed by atoms with van der Waals surface area (Å²) in [6.07, 6.45) is 3.34. The Balaban J connectivity index is 1.69. The SMILES string of the molecule is CC(C)CNc1cc(NS(=O)(=O)c2cccc(-c3ccncc3)c2)cc2c(Cl)[nH]nc12. The molecule has 31 heavy (non-hydrogen) atoms. The number of H-pyrrole nitrogens is 1. The third-order valence-electron chi connectivity index (χ3n) is 4.72. The molecule has 4 aromatic rings. The minimum Gasteiger partial charge on any atom is -0.383 e. The van der Waals surface area contributed by atoms with Gasteiger partial charge in [-0.3, -0.25) is 14.8 Å². The lowest BCUT2D eigenvalue weighted by molar-refractivity contribution is 0.601. The van der Waals surface area contributed by atoms with Gasteiger partial charge in [-0.25, -0.2) is 8.42 Å². The molecule has 0 atom stereocenters. The lowest BCUT2D eigenvalue weighted by atomic mass is 10.1. The fourth-order valence-electron chi connectivity index (χ4n) is 3.20. The smallest absolute Gasteiger partial charge is 0.261 e. The maximum Gasteiger partial charge on any atom is 0.261 e. The van der Waals surface area contributed by atoms with Gasteiger partial charge in [0.25, 0.3) is 10.0 Å². The van der Waals surface area contributed by atoms with Crippen molar-refractivity contribution in [3.05, 3.63) is 66.1 Å². The summed E-state index contributed by atoms with van der Waals surface area (Å²) in [6, 6.07) is 13.8. The molecule has 0 unspecified atom stereocenters. The quantitative estimate of drug-likeness (QED) is 0.358. The number of nitrogens with one attached hydrogen (secondary N) is 3. The number of anilines is 2. The molecule has 9 heteroatoms. The van der Waals surface area contributed by atoms with E-state index in [9.17, 15) is 8.42 Å². The molecule has 0 amide bonds. The standard InChI is InChI=1S/C22H22ClN5O2S/c1-14(2)13-25-20-12-17(11-19-21(20)26-27-22(19)23)28-31(29,30)18-5-3-4-16(10-18)15-6-8-24-9-7-15/h3-12,14,25,28H,13H2,1-2H3,(H,26,27). The molecule has 0 spiro atoms. The van der Waals surface area contributed by atoms with Crippen LogP contribution in [0.1, 0.15) is 13.8 Å². The topological polar surface area (TPSA) is 99.8 Å². The predicted molar refractivity (Wildman–Crippen MR) is 125 cm³/mol. The lowest BCUT2D eigenvalue weighted by Gasteiger charge is -2.13. The number of sulfonamides is 1. The molecule has 0 saturated heterocycles. The first-order valence-corrected chi connectivity index (χ1v) is 11.6. The van der Waals surface area contributed by atoms with Gasteiger partial charge in [-0.2, -0.15) is 5.10 Å². The second kappa shape index (κ2) is 8.56. The van der Waals surface area contributed by atoms with Crippen molar-refractivity contribution >= 4 is 43.9 Å². The number of halogens is 1. The zero-order valence-electron chi connectivity index (χ0n) is 17.1. The molecule has 2 aromatic carbocycles. The summed E-state index contributed by atoms with van der Waals surface area (Å²) in [7, 11) is -3.82. The van der Waals surface area contributed by atoms with Crippen LogP contribution in [0.5, 0.6) is 0 Å². The fourth-order valence-corrected chi connectivity index (χ4v) is 4.47. The van der Waals surface area contributed by atoms with Crippen molar-refractivity contribution in [1.29, 1.82) is 0 Å². The van der Waals surface area contributed by atoms with E-state index in [1.54, 1.807) is 42.7 Å². The molecule has 2 aromatic heterocycles. The first-order valence-electron chi connectivity index (χ1n) is 9.78. The first-order chi connectivity index (χ1) is 14.8. The van der Waals surface area contributed by atoms with Crippen LogP contribution < -0.4 is 10.0 Å². The Morgan fingerprint density at radius 3 is 2.58 bits per heavy atom. The maximum absolute atomic E-state index is 13.1. The van der Waals surface area contributed by atoms with Crippen LogP contribution in [0, 0.1) is 5.92 Å². The number of benzene rings is 2. The Labute approximate surface area is 185 Å². The number of nitrogens with zero attached hydrogens (tertiary/aromatic N) is 2. The average molecular weight is 456 g/mol. The fraction of sp³-hybridized carbons (Fsp3) is 0.182. The van der Waals surface area contributed by atoms with Crippen LogP contribution in [0.25, 0.3) is 22.0 Å². The van der Waals surface area contributed by atoms with Crippen LogP contribution in [-0.4, -0.2) is 30.1 Å². The molecule has 0 bridgehead atoms. The Hall–Kier alpha value is -3.10. The Morgan fingerprint density at radius 2 is 1.84 bits per heavy atom. The molecule has 0 aliphatic carbocycles.